The number of hydrogen-bond acceptors (Lipinski definition) is 6. The van der Waals surface area contributed by atoms with Crippen molar-refractivity contribution < 1.29 is 24.0 Å². The van der Waals surface area contributed by atoms with Gasteiger partial charge in [0.05, 0.1) is 13.5 Å². The summed E-state index contributed by atoms with van der Waals surface area (Å²) in [6.45, 7) is 5.05. The van der Waals surface area contributed by atoms with Crippen molar-refractivity contribution in [3.63, 3.8) is 0 Å². The largest absolute Gasteiger partial charge is 0.466 e. The monoisotopic (exact) mass is 400 g/mol. The van der Waals surface area contributed by atoms with E-state index in [1.165, 1.54) is 20.1 Å². The van der Waals surface area contributed by atoms with Crippen LogP contribution in [0.3, 0.4) is 0 Å². The fourth-order valence-electron chi connectivity index (χ4n) is 2.79. The van der Waals surface area contributed by atoms with E-state index in [-0.39, 0.29) is 18.7 Å². The van der Waals surface area contributed by atoms with Gasteiger partial charge in [-0.3, -0.25) is 10.1 Å². The number of nitrogens with one attached hydrogen (secondary N) is 1. The number of esters is 2. The van der Waals surface area contributed by atoms with Gasteiger partial charge in [0, 0.05) is 23.6 Å². The highest BCUT2D eigenvalue weighted by molar-refractivity contribution is 5.89. The minimum atomic E-state index is -1.55. The zero-order valence-electron chi connectivity index (χ0n) is 16.9. The van der Waals surface area contributed by atoms with Gasteiger partial charge in [0.15, 0.2) is 0 Å². The Labute approximate surface area is 168 Å². The molecule has 1 aromatic heterocycles. The molecule has 8 nitrogen and oxygen atoms in total. The van der Waals surface area contributed by atoms with E-state index in [0.717, 1.165) is 17.2 Å². The molecule has 0 saturated heterocycles. The molecular weight excluding hydrogens is 376 g/mol. The molecule has 2 rings (SSSR count). The number of benzene rings is 1. The second-order valence-electron chi connectivity index (χ2n) is 6.94. The van der Waals surface area contributed by atoms with Crippen LogP contribution in [-0.2, 0) is 27.3 Å². The highest BCUT2D eigenvalue weighted by Crippen LogP contribution is 2.25. The lowest BCUT2D eigenvalue weighted by atomic mass is 9.94. The lowest BCUT2D eigenvalue weighted by molar-refractivity contribution is -0.550. The van der Waals surface area contributed by atoms with Gasteiger partial charge in [0.1, 0.15) is 12.3 Å². The number of nitro groups is 1. The summed E-state index contributed by atoms with van der Waals surface area (Å²) in [5, 5.41) is 11.6. The predicted molar refractivity (Wildman–Crippen MR) is 106 cm³/mol. The van der Waals surface area contributed by atoms with E-state index in [1.807, 2.05) is 30.3 Å². The maximum Gasteiger partial charge on any atom is 0.355 e. The fraction of sp³-hybridized carbons (Fsp3) is 0.333. The molecule has 2 aromatic rings. The molecule has 1 aromatic carbocycles. The zero-order chi connectivity index (χ0) is 21.6. The molecular formula is C21H24N2O6. The molecule has 0 aliphatic rings. The Hall–Kier alpha value is -3.42. The number of H-pyrrole nitrogens is 1. The molecule has 29 heavy (non-hydrogen) atoms. The van der Waals surface area contributed by atoms with Gasteiger partial charge >= 0.3 is 11.9 Å². The maximum atomic E-state index is 12.5. The molecule has 0 radical (unpaired) electrons. The van der Waals surface area contributed by atoms with Crippen LogP contribution >= 0.6 is 0 Å². The van der Waals surface area contributed by atoms with E-state index in [0.29, 0.717) is 11.3 Å². The highest BCUT2D eigenvalue weighted by atomic mass is 16.6. The first-order chi connectivity index (χ1) is 13.7. The SMILES string of the molecule is COC(=O)/C=C\[C@@](C)(Cc1[nH]c(C(=O)OCc2ccccc2)c(C)c1C)[N+](=O)[O-]. The van der Waals surface area contributed by atoms with Crippen LogP contribution in [0.15, 0.2) is 42.5 Å². The quantitative estimate of drug-likeness (QED) is 0.315. The van der Waals surface area contributed by atoms with Crippen molar-refractivity contribution in [2.45, 2.75) is 39.3 Å². The van der Waals surface area contributed by atoms with Gasteiger partial charge in [-0.25, -0.2) is 9.59 Å². The number of nitrogens with zero attached hydrogens (tertiary/aromatic N) is 1. The third kappa shape index (κ3) is 5.31. The van der Waals surface area contributed by atoms with Crippen LogP contribution in [0, 0.1) is 24.0 Å². The average molecular weight is 400 g/mol. The minimum Gasteiger partial charge on any atom is -0.466 e. The van der Waals surface area contributed by atoms with E-state index in [9.17, 15) is 19.7 Å². The molecule has 0 amide bonds. The zero-order valence-corrected chi connectivity index (χ0v) is 16.9. The van der Waals surface area contributed by atoms with Crippen molar-refractivity contribution >= 4 is 11.9 Å². The van der Waals surface area contributed by atoms with Gasteiger partial charge in [0.25, 0.3) is 0 Å². The van der Waals surface area contributed by atoms with Crippen molar-refractivity contribution in [1.82, 2.24) is 4.98 Å². The second-order valence-corrected chi connectivity index (χ2v) is 6.94. The lowest BCUT2D eigenvalue weighted by Gasteiger charge is -2.16. The number of carbonyl (C=O) groups is 2. The maximum absolute atomic E-state index is 12.5. The predicted octanol–water partition coefficient (Wildman–Crippen LogP) is 3.30. The lowest BCUT2D eigenvalue weighted by Crippen LogP contribution is -2.35. The normalized spacial score (nSPS) is 13.1. The first-order valence-corrected chi connectivity index (χ1v) is 8.98. The molecule has 1 atom stereocenters. The third-order valence-electron chi connectivity index (χ3n) is 4.81. The first-order valence-electron chi connectivity index (χ1n) is 8.98. The number of aromatic nitrogens is 1. The number of ether oxygens (including phenoxy) is 2. The Morgan fingerprint density at radius 2 is 1.86 bits per heavy atom. The van der Waals surface area contributed by atoms with Gasteiger partial charge in [-0.05, 0) is 36.6 Å². The minimum absolute atomic E-state index is 0.0356. The highest BCUT2D eigenvalue weighted by Gasteiger charge is 2.36. The molecule has 0 aliphatic heterocycles. The summed E-state index contributed by atoms with van der Waals surface area (Å²) in [4.78, 5) is 37.9. The summed E-state index contributed by atoms with van der Waals surface area (Å²) < 4.78 is 9.86. The number of rotatable bonds is 8. The Kier molecular flexibility index (Phi) is 6.93. The summed E-state index contributed by atoms with van der Waals surface area (Å²) >= 11 is 0. The van der Waals surface area contributed by atoms with Crippen molar-refractivity contribution in [1.29, 1.82) is 0 Å². The van der Waals surface area contributed by atoms with E-state index < -0.39 is 22.4 Å². The number of methoxy groups -OCH3 is 1. The van der Waals surface area contributed by atoms with E-state index >= 15 is 0 Å². The second kappa shape index (κ2) is 9.18. The Morgan fingerprint density at radius 1 is 1.21 bits per heavy atom. The van der Waals surface area contributed by atoms with Gasteiger partial charge < -0.3 is 14.5 Å². The van der Waals surface area contributed by atoms with Gasteiger partial charge in [0.2, 0.25) is 5.54 Å². The molecule has 0 aliphatic carbocycles. The fourth-order valence-corrected chi connectivity index (χ4v) is 2.79. The van der Waals surface area contributed by atoms with Crippen molar-refractivity contribution in [2.75, 3.05) is 7.11 Å². The molecule has 0 bridgehead atoms. The van der Waals surface area contributed by atoms with Crippen LogP contribution in [0.5, 0.6) is 0 Å². The van der Waals surface area contributed by atoms with E-state index in [2.05, 4.69) is 9.72 Å². The summed E-state index contributed by atoms with van der Waals surface area (Å²) in [6.07, 6.45) is 2.19. The molecule has 1 heterocycles. The van der Waals surface area contributed by atoms with Crippen molar-refractivity contribution in [2.24, 2.45) is 0 Å². The van der Waals surface area contributed by atoms with E-state index in [4.69, 9.17) is 4.74 Å². The average Bonchev–Trinajstić information content (AvgIpc) is 2.99. The van der Waals surface area contributed by atoms with Crippen LogP contribution in [0.1, 0.15) is 39.8 Å². The Balaban J connectivity index is 2.22. The molecule has 1 N–H and O–H groups in total. The van der Waals surface area contributed by atoms with Gasteiger partial charge in [-0.2, -0.15) is 0 Å². The number of aromatic amines is 1. The van der Waals surface area contributed by atoms with Crippen LogP contribution in [0.2, 0.25) is 0 Å². The summed E-state index contributed by atoms with van der Waals surface area (Å²) in [5.74, 6) is -1.21. The molecule has 0 fully saturated rings. The van der Waals surface area contributed by atoms with Crippen LogP contribution in [0.4, 0.5) is 0 Å². The molecule has 154 valence electrons. The summed E-state index contributed by atoms with van der Waals surface area (Å²) in [6, 6.07) is 9.28. The van der Waals surface area contributed by atoms with Crippen LogP contribution in [0.25, 0.3) is 0 Å². The molecule has 0 saturated carbocycles. The molecule has 8 heteroatoms. The van der Waals surface area contributed by atoms with Crippen molar-refractivity contribution in [3.8, 4) is 0 Å². The number of hydrogen-bond donors (Lipinski definition) is 1. The molecule has 0 unspecified atom stereocenters. The third-order valence-corrected chi connectivity index (χ3v) is 4.81. The summed E-state index contributed by atoms with van der Waals surface area (Å²) in [7, 11) is 1.20. The Bertz CT molecular complexity index is 932. The summed E-state index contributed by atoms with van der Waals surface area (Å²) in [5.41, 5.74) is 1.49. The van der Waals surface area contributed by atoms with Crippen LogP contribution in [-0.4, -0.2) is 34.5 Å². The van der Waals surface area contributed by atoms with Gasteiger partial charge in [-0.1, -0.05) is 30.3 Å². The first kappa shape index (κ1) is 21.9. The standard InChI is InChI=1S/C21H24N2O6/c1-14-15(2)19(20(25)29-13-16-8-6-5-7-9-16)22-17(14)12-21(3,23(26)27)11-10-18(24)28-4/h5-11,22H,12-13H2,1-4H3/b11-10-/t21-/m0/s1. The van der Waals surface area contributed by atoms with Crippen LogP contribution < -0.4 is 0 Å². The van der Waals surface area contributed by atoms with Gasteiger partial charge in [-0.15, -0.1) is 0 Å². The topological polar surface area (TPSA) is 112 Å². The molecule has 0 spiro atoms. The van der Waals surface area contributed by atoms with E-state index in [1.54, 1.807) is 13.8 Å². The Morgan fingerprint density at radius 3 is 2.45 bits per heavy atom. The van der Waals surface area contributed by atoms with Crippen molar-refractivity contribution in [3.05, 3.63) is 80.7 Å². The number of carbonyl (C=O) groups excluding carboxylic acids is 2. The smallest absolute Gasteiger partial charge is 0.355 e.